The molecular weight excluding hydrogens is 436 g/mol. The zero-order chi connectivity index (χ0) is 24.3. The summed E-state index contributed by atoms with van der Waals surface area (Å²) in [6.45, 7) is 3.15. The van der Waals surface area contributed by atoms with Crippen LogP contribution >= 0.6 is 0 Å². The molecule has 3 amide bonds. The van der Waals surface area contributed by atoms with E-state index >= 15 is 0 Å². The van der Waals surface area contributed by atoms with Gasteiger partial charge in [0.1, 0.15) is 6.04 Å². The Morgan fingerprint density at radius 2 is 1.97 bits per heavy atom. The fourth-order valence-electron chi connectivity index (χ4n) is 4.36. The molecule has 1 aromatic rings. The Morgan fingerprint density at radius 3 is 2.74 bits per heavy atom. The molecule has 1 aliphatic heterocycles. The van der Waals surface area contributed by atoms with Crippen molar-refractivity contribution in [3.8, 4) is 0 Å². The van der Waals surface area contributed by atoms with Gasteiger partial charge in [0.05, 0.1) is 19.6 Å². The van der Waals surface area contributed by atoms with Crippen LogP contribution in [-0.4, -0.2) is 66.9 Å². The summed E-state index contributed by atoms with van der Waals surface area (Å²) in [4.78, 5) is 51.5. The van der Waals surface area contributed by atoms with E-state index in [2.05, 4.69) is 16.0 Å². The van der Waals surface area contributed by atoms with Gasteiger partial charge in [-0.1, -0.05) is 38.7 Å². The average molecular weight is 473 g/mol. The largest absolute Gasteiger partial charge is 0.466 e. The molecule has 1 heterocycles. The van der Waals surface area contributed by atoms with Gasteiger partial charge in [-0.15, -0.1) is 0 Å². The van der Waals surface area contributed by atoms with Crippen LogP contribution < -0.4 is 16.0 Å². The van der Waals surface area contributed by atoms with Gasteiger partial charge < -0.3 is 20.7 Å². The SMILES string of the molecule is CCCCOC(=O)CC1C(=O)NCCN1CC(=O)Nc1cccc(C(=O)NC2CCCCC2)c1. The smallest absolute Gasteiger partial charge is 0.307 e. The van der Waals surface area contributed by atoms with E-state index in [9.17, 15) is 19.2 Å². The third kappa shape index (κ3) is 7.83. The van der Waals surface area contributed by atoms with E-state index in [1.807, 2.05) is 6.92 Å². The lowest BCUT2D eigenvalue weighted by Gasteiger charge is -2.33. The van der Waals surface area contributed by atoms with Crippen LogP contribution in [0.2, 0.25) is 0 Å². The van der Waals surface area contributed by atoms with Crippen LogP contribution in [0.15, 0.2) is 24.3 Å². The van der Waals surface area contributed by atoms with Crippen molar-refractivity contribution in [2.24, 2.45) is 0 Å². The number of hydrogen-bond donors (Lipinski definition) is 3. The van der Waals surface area contributed by atoms with Gasteiger partial charge >= 0.3 is 5.97 Å². The minimum atomic E-state index is -0.749. The first kappa shape index (κ1) is 25.7. The number of hydrogen-bond acceptors (Lipinski definition) is 6. The molecule has 1 saturated heterocycles. The number of nitrogens with zero attached hydrogens (tertiary/aromatic N) is 1. The number of carbonyl (C=O) groups excluding carboxylic acids is 4. The van der Waals surface area contributed by atoms with Gasteiger partial charge in [-0.25, -0.2) is 0 Å². The minimum Gasteiger partial charge on any atom is -0.466 e. The first-order valence-corrected chi connectivity index (χ1v) is 12.3. The van der Waals surface area contributed by atoms with Crippen LogP contribution in [0.5, 0.6) is 0 Å². The summed E-state index contributed by atoms with van der Waals surface area (Å²) in [5.41, 5.74) is 1.01. The average Bonchev–Trinajstić information content (AvgIpc) is 2.82. The number of amides is 3. The second kappa shape index (κ2) is 13.1. The van der Waals surface area contributed by atoms with Gasteiger partial charge in [0.25, 0.3) is 5.91 Å². The normalized spacial score (nSPS) is 19.2. The monoisotopic (exact) mass is 472 g/mol. The molecule has 1 aromatic carbocycles. The highest BCUT2D eigenvalue weighted by Crippen LogP contribution is 2.19. The molecule has 1 unspecified atom stereocenters. The van der Waals surface area contributed by atoms with Crippen molar-refractivity contribution in [2.75, 3.05) is 31.6 Å². The number of unbranched alkanes of at least 4 members (excludes halogenated alkanes) is 1. The fraction of sp³-hybridized carbons (Fsp3) is 0.600. The maximum absolute atomic E-state index is 12.7. The van der Waals surface area contributed by atoms with Crippen molar-refractivity contribution in [3.63, 3.8) is 0 Å². The molecule has 34 heavy (non-hydrogen) atoms. The van der Waals surface area contributed by atoms with Crippen molar-refractivity contribution in [1.29, 1.82) is 0 Å². The van der Waals surface area contributed by atoms with Crippen LogP contribution in [0.25, 0.3) is 0 Å². The van der Waals surface area contributed by atoms with Crippen LogP contribution in [0.4, 0.5) is 5.69 Å². The number of anilines is 1. The molecule has 0 aromatic heterocycles. The molecule has 1 aliphatic carbocycles. The zero-order valence-electron chi connectivity index (χ0n) is 19.9. The molecule has 0 radical (unpaired) electrons. The number of nitrogens with one attached hydrogen (secondary N) is 3. The van der Waals surface area contributed by atoms with Crippen LogP contribution in [-0.2, 0) is 19.1 Å². The number of rotatable bonds is 10. The van der Waals surface area contributed by atoms with Gasteiger partial charge in [-0.3, -0.25) is 24.1 Å². The summed E-state index contributed by atoms with van der Waals surface area (Å²) in [6.07, 6.45) is 7.06. The first-order chi connectivity index (χ1) is 16.5. The molecule has 1 atom stereocenters. The van der Waals surface area contributed by atoms with Crippen molar-refractivity contribution in [3.05, 3.63) is 29.8 Å². The molecule has 186 valence electrons. The summed E-state index contributed by atoms with van der Waals surface area (Å²) < 4.78 is 5.19. The lowest BCUT2D eigenvalue weighted by Crippen LogP contribution is -2.57. The molecule has 3 N–H and O–H groups in total. The predicted octanol–water partition coefficient (Wildman–Crippen LogP) is 2.22. The standard InChI is InChI=1S/C25H36N4O5/c1-2-3-14-34-23(31)16-21-25(33)26-12-13-29(21)17-22(30)27-20-11-7-8-18(15-20)24(32)28-19-9-5-4-6-10-19/h7-8,11,15,19,21H,2-6,9-10,12-14,16-17H2,1H3,(H,26,33)(H,27,30)(H,28,32). The van der Waals surface area contributed by atoms with Gasteiger partial charge in [-0.05, 0) is 37.5 Å². The number of esters is 1. The predicted molar refractivity (Wildman–Crippen MR) is 128 cm³/mol. The van der Waals surface area contributed by atoms with E-state index in [0.29, 0.717) is 30.9 Å². The van der Waals surface area contributed by atoms with Gasteiger partial charge in [0.2, 0.25) is 11.8 Å². The van der Waals surface area contributed by atoms with Crippen LogP contribution in [0, 0.1) is 0 Å². The Balaban J connectivity index is 1.54. The van der Waals surface area contributed by atoms with Crippen molar-refractivity contribution >= 4 is 29.4 Å². The van der Waals surface area contributed by atoms with Crippen LogP contribution in [0.1, 0.15) is 68.6 Å². The zero-order valence-corrected chi connectivity index (χ0v) is 19.9. The van der Waals surface area contributed by atoms with Crippen molar-refractivity contribution in [2.45, 2.75) is 70.4 Å². The minimum absolute atomic E-state index is 0.0428. The molecule has 9 heteroatoms. The van der Waals surface area contributed by atoms with E-state index in [4.69, 9.17) is 4.74 Å². The summed E-state index contributed by atoms with van der Waals surface area (Å²) in [5, 5.41) is 8.64. The van der Waals surface area contributed by atoms with Gasteiger partial charge in [0.15, 0.2) is 0 Å². The van der Waals surface area contributed by atoms with Crippen molar-refractivity contribution < 1.29 is 23.9 Å². The Kier molecular flexibility index (Phi) is 9.88. The highest BCUT2D eigenvalue weighted by molar-refractivity contribution is 5.98. The van der Waals surface area contributed by atoms with E-state index in [0.717, 1.165) is 38.5 Å². The third-order valence-corrected chi connectivity index (χ3v) is 6.26. The summed E-state index contributed by atoms with van der Waals surface area (Å²) in [5.74, 6) is -1.19. The lowest BCUT2D eigenvalue weighted by molar-refractivity contribution is -0.149. The molecule has 9 nitrogen and oxygen atoms in total. The molecule has 0 spiro atoms. The van der Waals surface area contributed by atoms with Crippen molar-refractivity contribution in [1.82, 2.24) is 15.5 Å². The number of carbonyl (C=O) groups is 4. The molecule has 3 rings (SSSR count). The second-order valence-corrected chi connectivity index (χ2v) is 8.99. The first-order valence-electron chi connectivity index (χ1n) is 12.3. The maximum Gasteiger partial charge on any atom is 0.307 e. The van der Waals surface area contributed by atoms with E-state index in [1.54, 1.807) is 29.2 Å². The van der Waals surface area contributed by atoms with E-state index < -0.39 is 12.0 Å². The molecule has 2 fully saturated rings. The molecule has 1 saturated carbocycles. The van der Waals surface area contributed by atoms with E-state index in [-0.39, 0.29) is 36.7 Å². The molecular formula is C25H36N4O5. The summed E-state index contributed by atoms with van der Waals surface area (Å²) in [7, 11) is 0. The summed E-state index contributed by atoms with van der Waals surface area (Å²) >= 11 is 0. The maximum atomic E-state index is 12.7. The topological polar surface area (TPSA) is 117 Å². The highest BCUT2D eigenvalue weighted by Gasteiger charge is 2.33. The number of piperazine rings is 1. The molecule has 0 bridgehead atoms. The van der Waals surface area contributed by atoms with Gasteiger partial charge in [0, 0.05) is 30.4 Å². The molecule has 2 aliphatic rings. The van der Waals surface area contributed by atoms with Crippen LogP contribution in [0.3, 0.4) is 0 Å². The summed E-state index contributed by atoms with van der Waals surface area (Å²) in [6, 6.07) is 6.29. The number of ether oxygens (including phenoxy) is 1. The van der Waals surface area contributed by atoms with Gasteiger partial charge in [-0.2, -0.15) is 0 Å². The number of benzene rings is 1. The third-order valence-electron chi connectivity index (χ3n) is 6.26. The lowest BCUT2D eigenvalue weighted by atomic mass is 9.95. The Morgan fingerprint density at radius 1 is 1.18 bits per heavy atom. The second-order valence-electron chi connectivity index (χ2n) is 8.99. The Bertz CT molecular complexity index is 869. The fourth-order valence-corrected chi connectivity index (χ4v) is 4.36. The Hall–Kier alpha value is -2.94. The quantitative estimate of drug-likeness (QED) is 0.355. The van der Waals surface area contributed by atoms with E-state index in [1.165, 1.54) is 6.42 Å². The highest BCUT2D eigenvalue weighted by atomic mass is 16.5. The Labute approximate surface area is 201 Å².